The molecule has 0 heteroatoms. The van der Waals surface area contributed by atoms with Crippen LogP contribution in [-0.4, -0.2) is 0 Å². The van der Waals surface area contributed by atoms with Gasteiger partial charge in [-0.05, 0) is 30.1 Å². The molecule has 2 saturated carbocycles. The van der Waals surface area contributed by atoms with Crippen LogP contribution in [0.5, 0.6) is 0 Å². The fourth-order valence-electron chi connectivity index (χ4n) is 2.70. The predicted molar refractivity (Wildman–Crippen MR) is 39.2 cm³/mol. The van der Waals surface area contributed by atoms with Gasteiger partial charge >= 0.3 is 0 Å². The lowest BCUT2D eigenvalue weighted by Crippen LogP contribution is -2.26. The van der Waals surface area contributed by atoms with Gasteiger partial charge in [-0.15, -0.1) is 0 Å². The number of rotatable bonds is 2. The van der Waals surface area contributed by atoms with Crippen molar-refractivity contribution in [1.29, 1.82) is 0 Å². The normalized spacial score (nSPS) is 54.0. The Morgan fingerprint density at radius 1 is 1.33 bits per heavy atom. The summed E-state index contributed by atoms with van der Waals surface area (Å²) in [4.78, 5) is 0. The highest BCUT2D eigenvalue weighted by Crippen LogP contribution is 2.64. The average molecular weight is 124 g/mol. The molecule has 4 atom stereocenters. The minimum atomic E-state index is 1.09. The van der Waals surface area contributed by atoms with Gasteiger partial charge in [-0.3, -0.25) is 0 Å². The van der Waals surface area contributed by atoms with Gasteiger partial charge in [0.15, 0.2) is 0 Å². The molecule has 0 aromatic rings. The maximum absolute atomic E-state index is 2.44. The molecule has 0 amide bonds. The third-order valence-electron chi connectivity index (χ3n) is 3.41. The highest BCUT2D eigenvalue weighted by Gasteiger charge is 2.57. The van der Waals surface area contributed by atoms with E-state index in [2.05, 4.69) is 13.8 Å². The van der Waals surface area contributed by atoms with Gasteiger partial charge in [0.05, 0.1) is 0 Å². The molecule has 0 N–H and O–H groups in total. The lowest BCUT2D eigenvalue weighted by Gasteiger charge is -2.32. The van der Waals surface area contributed by atoms with Gasteiger partial charge in [0.1, 0.15) is 0 Å². The molecule has 2 aliphatic rings. The van der Waals surface area contributed by atoms with Crippen LogP contribution in [0.15, 0.2) is 0 Å². The van der Waals surface area contributed by atoms with Crippen molar-refractivity contribution >= 4 is 0 Å². The van der Waals surface area contributed by atoms with Crippen LogP contribution < -0.4 is 0 Å². The molecule has 4 unspecified atom stereocenters. The van der Waals surface area contributed by atoms with E-state index in [1.165, 1.54) is 24.7 Å². The molecule has 0 saturated heterocycles. The Morgan fingerprint density at radius 3 is 2.56 bits per heavy atom. The van der Waals surface area contributed by atoms with Gasteiger partial charge in [-0.1, -0.05) is 26.7 Å². The average Bonchev–Trinajstić information content (AvgIpc) is 2.58. The summed E-state index contributed by atoms with van der Waals surface area (Å²) in [6, 6.07) is 0. The van der Waals surface area contributed by atoms with E-state index < -0.39 is 0 Å². The quantitative estimate of drug-likeness (QED) is 0.531. The summed E-state index contributed by atoms with van der Waals surface area (Å²) in [6.07, 6.45) is 4.48. The first-order valence-corrected chi connectivity index (χ1v) is 4.34. The van der Waals surface area contributed by atoms with Gasteiger partial charge in [0.2, 0.25) is 0 Å². The Bertz CT molecular complexity index is 117. The van der Waals surface area contributed by atoms with Crippen molar-refractivity contribution in [1.82, 2.24) is 0 Å². The van der Waals surface area contributed by atoms with E-state index in [1.807, 2.05) is 0 Å². The van der Waals surface area contributed by atoms with Crippen LogP contribution in [0, 0.1) is 23.7 Å². The van der Waals surface area contributed by atoms with E-state index in [0.29, 0.717) is 0 Å². The van der Waals surface area contributed by atoms with E-state index in [1.54, 1.807) is 6.42 Å². The van der Waals surface area contributed by atoms with Crippen LogP contribution in [0.1, 0.15) is 33.1 Å². The second-order valence-corrected chi connectivity index (χ2v) is 3.88. The molecule has 0 heterocycles. The minimum Gasteiger partial charge on any atom is -0.0654 e. The van der Waals surface area contributed by atoms with Crippen LogP contribution in [0.4, 0.5) is 0 Å². The van der Waals surface area contributed by atoms with Crippen LogP contribution in [0.25, 0.3) is 0 Å². The molecule has 0 aromatic heterocycles. The molecule has 0 radical (unpaired) electrons. The van der Waals surface area contributed by atoms with Crippen molar-refractivity contribution in [3.05, 3.63) is 0 Å². The minimum absolute atomic E-state index is 1.09. The zero-order valence-electron chi connectivity index (χ0n) is 6.43. The molecule has 0 bridgehead atoms. The van der Waals surface area contributed by atoms with Crippen molar-refractivity contribution < 1.29 is 0 Å². The number of hydrogen-bond acceptors (Lipinski definition) is 0. The van der Waals surface area contributed by atoms with Crippen LogP contribution in [0.3, 0.4) is 0 Å². The van der Waals surface area contributed by atoms with E-state index in [0.717, 1.165) is 11.8 Å². The van der Waals surface area contributed by atoms with Gasteiger partial charge in [0.25, 0.3) is 0 Å². The Morgan fingerprint density at radius 2 is 2.11 bits per heavy atom. The fourth-order valence-corrected chi connectivity index (χ4v) is 2.70. The summed E-state index contributed by atoms with van der Waals surface area (Å²) in [7, 11) is 0. The first kappa shape index (κ1) is 5.76. The Kier molecular flexibility index (Phi) is 1.12. The van der Waals surface area contributed by atoms with Crippen molar-refractivity contribution in [2.24, 2.45) is 23.7 Å². The first-order valence-electron chi connectivity index (χ1n) is 4.34. The summed E-state index contributed by atoms with van der Waals surface area (Å²) in [6.45, 7) is 4.75. The fraction of sp³-hybridized carbons (Fsp3) is 1.00. The summed E-state index contributed by atoms with van der Waals surface area (Å²) in [5.74, 6) is 4.61. The number of hydrogen-bond donors (Lipinski definition) is 0. The number of fused-ring (bicyclic) bond motifs is 1. The van der Waals surface area contributed by atoms with E-state index >= 15 is 0 Å². The molecule has 9 heavy (non-hydrogen) atoms. The van der Waals surface area contributed by atoms with E-state index in [-0.39, 0.29) is 0 Å². The third kappa shape index (κ3) is 0.653. The van der Waals surface area contributed by atoms with E-state index in [9.17, 15) is 0 Å². The van der Waals surface area contributed by atoms with Crippen molar-refractivity contribution in [3.63, 3.8) is 0 Å². The maximum atomic E-state index is 2.44. The largest absolute Gasteiger partial charge is 0.0654 e. The highest BCUT2D eigenvalue weighted by atomic mass is 14.6. The first-order chi connectivity index (χ1) is 4.34. The summed E-state index contributed by atoms with van der Waals surface area (Å²) in [5, 5.41) is 0. The van der Waals surface area contributed by atoms with Crippen molar-refractivity contribution in [2.75, 3.05) is 0 Å². The SMILES string of the molecule is CCCC1C(C)C2CC12. The summed E-state index contributed by atoms with van der Waals surface area (Å²) >= 11 is 0. The van der Waals surface area contributed by atoms with Crippen molar-refractivity contribution in [2.45, 2.75) is 33.1 Å². The molecule has 2 rings (SSSR count). The second-order valence-electron chi connectivity index (χ2n) is 3.88. The van der Waals surface area contributed by atoms with E-state index in [4.69, 9.17) is 0 Å². The molecule has 52 valence electrons. The van der Waals surface area contributed by atoms with Gasteiger partial charge in [-0.25, -0.2) is 0 Å². The summed E-state index contributed by atoms with van der Waals surface area (Å²) in [5.41, 5.74) is 0. The Labute approximate surface area is 57.6 Å². The summed E-state index contributed by atoms with van der Waals surface area (Å²) < 4.78 is 0. The smallest absolute Gasteiger partial charge is 0.0349 e. The molecule has 2 aliphatic carbocycles. The highest BCUT2D eigenvalue weighted by molar-refractivity contribution is 5.06. The maximum Gasteiger partial charge on any atom is -0.0349 e. The lowest BCUT2D eigenvalue weighted by molar-refractivity contribution is 0.160. The second kappa shape index (κ2) is 1.74. The van der Waals surface area contributed by atoms with Crippen LogP contribution in [-0.2, 0) is 0 Å². The third-order valence-corrected chi connectivity index (χ3v) is 3.41. The zero-order chi connectivity index (χ0) is 6.43. The molecule has 0 spiro atoms. The molecule has 0 aliphatic heterocycles. The molecular weight excluding hydrogens is 108 g/mol. The topological polar surface area (TPSA) is 0 Å². The molecule has 0 nitrogen and oxygen atoms in total. The van der Waals surface area contributed by atoms with Gasteiger partial charge in [-0.2, -0.15) is 0 Å². The Balaban J connectivity index is 1.85. The standard InChI is InChI=1S/C9H16/c1-3-4-7-6(2)8-5-9(7)8/h6-9H,3-5H2,1-2H3. The zero-order valence-corrected chi connectivity index (χ0v) is 6.43. The predicted octanol–water partition coefficient (Wildman–Crippen LogP) is 2.69. The van der Waals surface area contributed by atoms with Gasteiger partial charge in [0, 0.05) is 0 Å². The van der Waals surface area contributed by atoms with Crippen LogP contribution >= 0.6 is 0 Å². The van der Waals surface area contributed by atoms with Crippen molar-refractivity contribution in [3.8, 4) is 0 Å². The molecule has 2 fully saturated rings. The monoisotopic (exact) mass is 124 g/mol. The van der Waals surface area contributed by atoms with Gasteiger partial charge < -0.3 is 0 Å². The lowest BCUT2D eigenvalue weighted by atomic mass is 9.73. The Hall–Kier alpha value is 0. The molecule has 0 aromatic carbocycles. The van der Waals surface area contributed by atoms with Crippen LogP contribution in [0.2, 0.25) is 0 Å². The molecular formula is C9H16.